The van der Waals surface area contributed by atoms with Crippen molar-refractivity contribution in [1.29, 1.82) is 0 Å². The normalized spacial score (nSPS) is 25.3. The summed E-state index contributed by atoms with van der Waals surface area (Å²) in [6, 6.07) is 0. The Morgan fingerprint density at radius 1 is 0.857 bits per heavy atom. The summed E-state index contributed by atoms with van der Waals surface area (Å²) in [7, 11) is 0. The second kappa shape index (κ2) is 6.44. The van der Waals surface area contributed by atoms with Crippen molar-refractivity contribution in [3.63, 3.8) is 0 Å². The Balaban J connectivity index is 0.000000293. The minimum absolute atomic E-state index is 0.608. The maximum atomic E-state index is 3.73. The summed E-state index contributed by atoms with van der Waals surface area (Å²) in [4.78, 5) is 0. The zero-order valence-corrected chi connectivity index (χ0v) is 10.1. The molecule has 0 unspecified atom stereocenters. The van der Waals surface area contributed by atoms with Crippen LogP contribution in [0, 0.1) is 0 Å². The maximum absolute atomic E-state index is 3.73. The number of piperidine rings is 1. The van der Waals surface area contributed by atoms with Crippen LogP contribution in [0.1, 0.15) is 71.6 Å². The molecule has 0 bridgehead atoms. The van der Waals surface area contributed by atoms with Crippen LogP contribution < -0.4 is 5.32 Å². The molecule has 1 N–H and O–H groups in total. The van der Waals surface area contributed by atoms with E-state index in [0.29, 0.717) is 5.54 Å². The summed E-state index contributed by atoms with van der Waals surface area (Å²) in [6.07, 6.45) is 12.9. The Morgan fingerprint density at radius 3 is 1.79 bits per heavy atom. The van der Waals surface area contributed by atoms with E-state index < -0.39 is 0 Å². The van der Waals surface area contributed by atoms with Gasteiger partial charge in [0.15, 0.2) is 0 Å². The molecule has 14 heavy (non-hydrogen) atoms. The van der Waals surface area contributed by atoms with Crippen molar-refractivity contribution >= 4 is 0 Å². The molecule has 2 fully saturated rings. The van der Waals surface area contributed by atoms with Gasteiger partial charge < -0.3 is 5.32 Å². The Morgan fingerprint density at radius 2 is 1.36 bits per heavy atom. The van der Waals surface area contributed by atoms with Gasteiger partial charge in [-0.15, -0.1) is 0 Å². The number of hydrogen-bond acceptors (Lipinski definition) is 1. The van der Waals surface area contributed by atoms with Crippen LogP contribution in [-0.4, -0.2) is 12.1 Å². The standard InChI is InChI=1S/C10H19N.C3H8/c1-2-6-10(7-3-1)8-4-5-9-11-10;1-3-2/h11H,1-9H2;3H2,1-2H3. The predicted molar refractivity (Wildman–Crippen MR) is 63.6 cm³/mol. The van der Waals surface area contributed by atoms with Crippen molar-refractivity contribution in [2.75, 3.05) is 6.54 Å². The van der Waals surface area contributed by atoms with E-state index in [1.54, 1.807) is 0 Å². The lowest BCUT2D eigenvalue weighted by Crippen LogP contribution is -2.49. The van der Waals surface area contributed by atoms with Gasteiger partial charge in [-0.25, -0.2) is 0 Å². The first-order chi connectivity index (χ1) is 6.83. The highest BCUT2D eigenvalue weighted by Crippen LogP contribution is 2.34. The molecule has 0 aromatic rings. The fourth-order valence-corrected chi connectivity index (χ4v) is 2.69. The lowest BCUT2D eigenvalue weighted by Gasteiger charge is -2.41. The molecule has 1 heteroatoms. The average Bonchev–Trinajstić information content (AvgIpc) is 2.21. The van der Waals surface area contributed by atoms with E-state index in [1.807, 2.05) is 0 Å². The van der Waals surface area contributed by atoms with Gasteiger partial charge in [-0.3, -0.25) is 0 Å². The van der Waals surface area contributed by atoms with Gasteiger partial charge in [0.05, 0.1) is 0 Å². The van der Waals surface area contributed by atoms with Gasteiger partial charge in [0.25, 0.3) is 0 Å². The third-order valence-corrected chi connectivity index (χ3v) is 3.39. The van der Waals surface area contributed by atoms with Crippen LogP contribution in [0.15, 0.2) is 0 Å². The Labute approximate surface area is 89.7 Å². The van der Waals surface area contributed by atoms with Crippen LogP contribution >= 0.6 is 0 Å². The van der Waals surface area contributed by atoms with Crippen molar-refractivity contribution in [2.24, 2.45) is 0 Å². The highest BCUT2D eigenvalue weighted by atomic mass is 15.0. The molecule has 1 aliphatic heterocycles. The summed E-state index contributed by atoms with van der Waals surface area (Å²) in [5.74, 6) is 0. The summed E-state index contributed by atoms with van der Waals surface area (Å²) in [6.45, 7) is 5.53. The second-order valence-electron chi connectivity index (χ2n) is 4.93. The lowest BCUT2D eigenvalue weighted by atomic mass is 9.76. The Kier molecular flexibility index (Phi) is 5.54. The monoisotopic (exact) mass is 197 g/mol. The molecule has 2 aliphatic rings. The van der Waals surface area contributed by atoms with Gasteiger partial charge in [-0.1, -0.05) is 46.0 Å². The molecule has 0 atom stereocenters. The average molecular weight is 197 g/mol. The lowest BCUT2D eigenvalue weighted by molar-refractivity contribution is 0.184. The molecule has 1 saturated carbocycles. The number of rotatable bonds is 0. The first-order valence-electron chi connectivity index (χ1n) is 6.58. The first kappa shape index (κ1) is 12.0. The van der Waals surface area contributed by atoms with E-state index in [0.717, 1.165) is 0 Å². The molecule has 0 aromatic carbocycles. The third-order valence-electron chi connectivity index (χ3n) is 3.39. The number of hydrogen-bond donors (Lipinski definition) is 1. The van der Waals surface area contributed by atoms with Gasteiger partial charge in [-0.2, -0.15) is 0 Å². The number of nitrogens with one attached hydrogen (secondary N) is 1. The Hall–Kier alpha value is -0.0400. The molecule has 1 heterocycles. The summed E-state index contributed by atoms with van der Waals surface area (Å²) < 4.78 is 0. The highest BCUT2D eigenvalue weighted by Gasteiger charge is 2.32. The van der Waals surface area contributed by atoms with Crippen LogP contribution in [0.5, 0.6) is 0 Å². The highest BCUT2D eigenvalue weighted by molar-refractivity contribution is 4.92. The topological polar surface area (TPSA) is 12.0 Å². The fourth-order valence-electron chi connectivity index (χ4n) is 2.69. The van der Waals surface area contributed by atoms with E-state index in [4.69, 9.17) is 0 Å². The Bertz CT molecular complexity index is 111. The van der Waals surface area contributed by atoms with Crippen molar-refractivity contribution in [2.45, 2.75) is 77.2 Å². The third kappa shape index (κ3) is 3.61. The zero-order chi connectivity index (χ0) is 10.3. The second-order valence-corrected chi connectivity index (χ2v) is 4.93. The van der Waals surface area contributed by atoms with Gasteiger partial charge >= 0.3 is 0 Å². The molecule has 1 saturated heterocycles. The molecule has 1 spiro atoms. The van der Waals surface area contributed by atoms with Crippen molar-refractivity contribution in [1.82, 2.24) is 5.32 Å². The van der Waals surface area contributed by atoms with Crippen LogP contribution in [0.4, 0.5) is 0 Å². The molecular weight excluding hydrogens is 170 g/mol. The van der Waals surface area contributed by atoms with Crippen LogP contribution in [0.3, 0.4) is 0 Å². The minimum Gasteiger partial charge on any atom is -0.311 e. The largest absolute Gasteiger partial charge is 0.311 e. The van der Waals surface area contributed by atoms with Gasteiger partial charge in [-0.05, 0) is 32.2 Å². The van der Waals surface area contributed by atoms with Crippen LogP contribution in [0.2, 0.25) is 0 Å². The molecule has 0 amide bonds. The predicted octanol–water partition coefficient (Wildman–Crippen LogP) is 3.88. The first-order valence-corrected chi connectivity index (χ1v) is 6.58. The van der Waals surface area contributed by atoms with Gasteiger partial charge in [0.2, 0.25) is 0 Å². The summed E-state index contributed by atoms with van der Waals surface area (Å²) >= 11 is 0. The fraction of sp³-hybridized carbons (Fsp3) is 1.00. The molecule has 84 valence electrons. The van der Waals surface area contributed by atoms with Gasteiger partial charge in [0, 0.05) is 5.54 Å². The van der Waals surface area contributed by atoms with Crippen molar-refractivity contribution in [3.8, 4) is 0 Å². The molecular formula is C13H27N. The smallest absolute Gasteiger partial charge is 0.0181 e. The van der Waals surface area contributed by atoms with E-state index in [9.17, 15) is 0 Å². The maximum Gasteiger partial charge on any atom is 0.0181 e. The van der Waals surface area contributed by atoms with E-state index in [2.05, 4.69) is 19.2 Å². The minimum atomic E-state index is 0.608. The van der Waals surface area contributed by atoms with Crippen molar-refractivity contribution in [3.05, 3.63) is 0 Å². The summed E-state index contributed by atoms with van der Waals surface area (Å²) in [5, 5.41) is 3.73. The van der Waals surface area contributed by atoms with E-state index in [-0.39, 0.29) is 0 Å². The van der Waals surface area contributed by atoms with E-state index >= 15 is 0 Å². The van der Waals surface area contributed by atoms with Crippen LogP contribution in [-0.2, 0) is 0 Å². The summed E-state index contributed by atoms with van der Waals surface area (Å²) in [5.41, 5.74) is 0.608. The molecule has 0 radical (unpaired) electrons. The van der Waals surface area contributed by atoms with Crippen LogP contribution in [0.25, 0.3) is 0 Å². The zero-order valence-electron chi connectivity index (χ0n) is 10.1. The van der Waals surface area contributed by atoms with E-state index in [1.165, 1.54) is 64.3 Å². The molecule has 2 rings (SSSR count). The van der Waals surface area contributed by atoms with Gasteiger partial charge in [0.1, 0.15) is 0 Å². The molecule has 1 aliphatic carbocycles. The quantitative estimate of drug-likeness (QED) is 0.621. The molecule has 0 aromatic heterocycles. The SMILES string of the molecule is C1CCC2(CC1)CCCCN2.CCC. The molecule has 1 nitrogen and oxygen atoms in total. The van der Waals surface area contributed by atoms with Crippen molar-refractivity contribution < 1.29 is 0 Å².